The molecule has 0 bridgehead atoms. The van der Waals surface area contributed by atoms with Crippen LogP contribution < -0.4 is 0 Å². The van der Waals surface area contributed by atoms with E-state index in [0.29, 0.717) is 24.1 Å². The number of esters is 2. The lowest BCUT2D eigenvalue weighted by atomic mass is 9.85. The maximum atomic E-state index is 12.9. The van der Waals surface area contributed by atoms with Gasteiger partial charge in [0.2, 0.25) is 0 Å². The smallest absolute Gasteiger partial charge is 0.338 e. The second-order valence-corrected chi connectivity index (χ2v) is 7.46. The molecule has 0 spiro atoms. The van der Waals surface area contributed by atoms with Gasteiger partial charge in [0.1, 0.15) is 6.61 Å². The van der Waals surface area contributed by atoms with Crippen LogP contribution in [0.4, 0.5) is 0 Å². The minimum Gasteiger partial charge on any atom is -0.632 e. The zero-order valence-corrected chi connectivity index (χ0v) is 14.9. The van der Waals surface area contributed by atoms with Gasteiger partial charge < -0.3 is 24.4 Å². The van der Waals surface area contributed by atoms with E-state index in [4.69, 9.17) is 9.47 Å². The third-order valence-corrected chi connectivity index (χ3v) is 5.83. The summed E-state index contributed by atoms with van der Waals surface area (Å²) >= 11 is 0. The minimum atomic E-state index is -1.73. The molecule has 0 aromatic heterocycles. The molecule has 3 rings (SSSR count). The first-order chi connectivity index (χ1) is 11.7. The molecule has 2 fully saturated rings. The molecule has 138 valence electrons. The molecule has 0 saturated carbocycles. The van der Waals surface area contributed by atoms with Gasteiger partial charge in [-0.3, -0.25) is 0 Å². The molecule has 7 heteroatoms. The van der Waals surface area contributed by atoms with Crippen molar-refractivity contribution >= 4 is 11.9 Å². The number of hydrogen-bond acceptors (Lipinski definition) is 6. The number of hydrogen-bond donors (Lipinski definition) is 1. The van der Waals surface area contributed by atoms with Crippen molar-refractivity contribution in [3.8, 4) is 0 Å². The van der Waals surface area contributed by atoms with Crippen LogP contribution in [0, 0.1) is 11.1 Å². The van der Waals surface area contributed by atoms with Crippen LogP contribution in [0.25, 0.3) is 0 Å². The van der Waals surface area contributed by atoms with Crippen molar-refractivity contribution in [2.24, 2.45) is 5.92 Å². The second-order valence-electron chi connectivity index (χ2n) is 7.46. The molecule has 2 saturated heterocycles. The first kappa shape index (κ1) is 18.1. The lowest BCUT2D eigenvalue weighted by Gasteiger charge is -2.41. The zero-order valence-electron chi connectivity index (χ0n) is 14.9. The number of carbonyl (C=O) groups excluding carboxylic acids is 2. The van der Waals surface area contributed by atoms with E-state index in [1.807, 2.05) is 0 Å². The molecule has 0 aliphatic carbocycles. The van der Waals surface area contributed by atoms with E-state index in [9.17, 15) is 19.9 Å². The number of allylic oxidation sites excluding steroid dienone is 1. The molecule has 5 atom stereocenters. The fraction of sp³-hybridized carbons (Fsp3) is 0.667. The Labute approximate surface area is 147 Å². The minimum absolute atomic E-state index is 0.0564. The van der Waals surface area contributed by atoms with Crippen LogP contribution >= 0.6 is 0 Å². The third-order valence-electron chi connectivity index (χ3n) is 5.83. The van der Waals surface area contributed by atoms with E-state index in [-0.39, 0.29) is 19.6 Å². The van der Waals surface area contributed by atoms with E-state index in [0.717, 1.165) is 0 Å². The zero-order chi connectivity index (χ0) is 18.4. The number of quaternary nitrogens is 1. The molecular weight excluding hydrogens is 326 g/mol. The lowest BCUT2D eigenvalue weighted by Crippen LogP contribution is -2.49. The molecule has 1 unspecified atom stereocenters. The quantitative estimate of drug-likeness (QED) is 0.232. The maximum Gasteiger partial charge on any atom is 0.338 e. The van der Waals surface area contributed by atoms with Gasteiger partial charge in [-0.2, -0.15) is 0 Å². The molecule has 0 amide bonds. The lowest BCUT2D eigenvalue weighted by molar-refractivity contribution is -0.877. The number of carbonyl (C=O) groups is 2. The summed E-state index contributed by atoms with van der Waals surface area (Å²) in [6.07, 6.45) is 3.57. The summed E-state index contributed by atoms with van der Waals surface area (Å²) in [4.78, 5) is 24.9. The molecule has 0 aromatic rings. The van der Waals surface area contributed by atoms with Crippen molar-refractivity contribution in [1.82, 2.24) is 0 Å². The van der Waals surface area contributed by atoms with E-state index < -0.39 is 40.2 Å². The molecule has 3 aliphatic rings. The van der Waals surface area contributed by atoms with Crippen LogP contribution in [0.3, 0.4) is 0 Å². The summed E-state index contributed by atoms with van der Waals surface area (Å²) < 4.78 is 10.5. The monoisotopic (exact) mass is 351 g/mol. The normalized spacial score (nSPS) is 43.6. The van der Waals surface area contributed by atoms with Gasteiger partial charge in [-0.15, -0.1) is 0 Å². The number of cyclic esters (lactones) is 1. The highest BCUT2D eigenvalue weighted by Crippen LogP contribution is 2.39. The van der Waals surface area contributed by atoms with Gasteiger partial charge >= 0.3 is 11.9 Å². The molecule has 3 heterocycles. The largest absolute Gasteiger partial charge is 0.632 e. The van der Waals surface area contributed by atoms with Crippen molar-refractivity contribution in [3.63, 3.8) is 0 Å². The Hall–Kier alpha value is -1.70. The summed E-state index contributed by atoms with van der Waals surface area (Å²) in [5.74, 6) is -1.75. The SMILES string of the molecule is C/C=C1/C[C@@H](C)[C@@](C)(O)C(=O)OCC2=CC[N+]3([O-])CC[C@@H](OC1=O)[C@@H]23. The first-order valence-electron chi connectivity index (χ1n) is 8.71. The summed E-state index contributed by atoms with van der Waals surface area (Å²) in [6, 6.07) is -0.531. The van der Waals surface area contributed by atoms with Crippen molar-refractivity contribution in [2.45, 2.75) is 51.4 Å². The predicted octanol–water partition coefficient (Wildman–Crippen LogP) is 1.21. The fourth-order valence-corrected chi connectivity index (χ4v) is 3.91. The maximum absolute atomic E-state index is 12.9. The number of rotatable bonds is 0. The van der Waals surface area contributed by atoms with Gasteiger partial charge in [-0.25, -0.2) is 9.59 Å². The third kappa shape index (κ3) is 3.01. The molecule has 0 radical (unpaired) electrons. The van der Waals surface area contributed by atoms with Crippen LogP contribution in [0.2, 0.25) is 0 Å². The Morgan fingerprint density at radius 3 is 2.84 bits per heavy atom. The number of hydroxylamine groups is 3. The molecule has 1 N–H and O–H groups in total. The Kier molecular flexibility index (Phi) is 4.51. The average Bonchev–Trinajstić information content (AvgIpc) is 3.05. The van der Waals surface area contributed by atoms with Gasteiger partial charge in [0.15, 0.2) is 17.7 Å². The average molecular weight is 351 g/mol. The van der Waals surface area contributed by atoms with Crippen LogP contribution in [-0.4, -0.2) is 59.1 Å². The number of aliphatic hydroxyl groups is 1. The Bertz CT molecular complexity index is 652. The standard InChI is InChI=1S/C18H25NO6/c1-4-12-9-11(2)18(3,22)17(21)24-10-13-5-7-19(23)8-6-14(15(13)19)25-16(12)20/h4-5,11,14-15,22H,6-10H2,1-3H3/b12-4-/t11-,14-,15-,18-,19?/m1/s1. The molecule has 7 nitrogen and oxygen atoms in total. The van der Waals surface area contributed by atoms with Gasteiger partial charge in [0.05, 0.1) is 13.1 Å². The highest BCUT2D eigenvalue weighted by molar-refractivity contribution is 5.89. The Balaban J connectivity index is 1.94. The van der Waals surface area contributed by atoms with E-state index >= 15 is 0 Å². The van der Waals surface area contributed by atoms with E-state index in [2.05, 4.69) is 0 Å². The van der Waals surface area contributed by atoms with Crippen LogP contribution in [0.5, 0.6) is 0 Å². The summed E-state index contributed by atoms with van der Waals surface area (Å²) in [7, 11) is 0. The number of nitrogens with zero attached hydrogens (tertiary/aromatic N) is 1. The Morgan fingerprint density at radius 2 is 2.16 bits per heavy atom. The predicted molar refractivity (Wildman–Crippen MR) is 88.9 cm³/mol. The summed E-state index contributed by atoms with van der Waals surface area (Å²) in [6.45, 7) is 5.39. The van der Waals surface area contributed by atoms with Gasteiger partial charge in [-0.05, 0) is 32.3 Å². The topological polar surface area (TPSA) is 95.9 Å². The van der Waals surface area contributed by atoms with E-state index in [1.54, 1.807) is 26.0 Å². The van der Waals surface area contributed by atoms with E-state index in [1.165, 1.54) is 6.92 Å². The van der Waals surface area contributed by atoms with Crippen LogP contribution in [0.1, 0.15) is 33.6 Å². The van der Waals surface area contributed by atoms with Gasteiger partial charge in [0, 0.05) is 17.6 Å². The Morgan fingerprint density at radius 1 is 1.44 bits per heavy atom. The van der Waals surface area contributed by atoms with Crippen LogP contribution in [-0.2, 0) is 19.1 Å². The number of ether oxygens (including phenoxy) is 2. The highest BCUT2D eigenvalue weighted by atomic mass is 16.6. The fourth-order valence-electron chi connectivity index (χ4n) is 3.91. The second kappa shape index (κ2) is 6.23. The summed E-state index contributed by atoms with van der Waals surface area (Å²) in [5.41, 5.74) is -0.670. The van der Waals surface area contributed by atoms with Gasteiger partial charge in [0.25, 0.3) is 0 Å². The van der Waals surface area contributed by atoms with Gasteiger partial charge in [-0.1, -0.05) is 13.0 Å². The van der Waals surface area contributed by atoms with Crippen molar-refractivity contribution < 1.29 is 28.8 Å². The molecular formula is C18H25NO6. The highest BCUT2D eigenvalue weighted by Gasteiger charge is 2.51. The molecule has 25 heavy (non-hydrogen) atoms. The summed E-state index contributed by atoms with van der Waals surface area (Å²) in [5, 5.41) is 23.5. The van der Waals surface area contributed by atoms with Crippen molar-refractivity contribution in [2.75, 3.05) is 19.7 Å². The molecule has 3 aliphatic heterocycles. The van der Waals surface area contributed by atoms with Crippen molar-refractivity contribution in [1.29, 1.82) is 0 Å². The first-order valence-corrected chi connectivity index (χ1v) is 8.71. The molecule has 0 aromatic carbocycles. The van der Waals surface area contributed by atoms with Crippen LogP contribution in [0.15, 0.2) is 23.3 Å². The van der Waals surface area contributed by atoms with Crippen molar-refractivity contribution in [3.05, 3.63) is 28.5 Å².